The summed E-state index contributed by atoms with van der Waals surface area (Å²) in [6, 6.07) is 13.0. The van der Waals surface area contributed by atoms with E-state index in [1.807, 2.05) is 24.3 Å². The smallest absolute Gasteiger partial charge is 0.261 e. The van der Waals surface area contributed by atoms with Crippen molar-refractivity contribution >= 4 is 33.7 Å². The summed E-state index contributed by atoms with van der Waals surface area (Å²) in [5, 5.41) is 2.94. The first-order valence-electron chi connectivity index (χ1n) is 9.66. The van der Waals surface area contributed by atoms with Crippen LogP contribution >= 0.6 is 15.9 Å². The second-order valence-electron chi connectivity index (χ2n) is 7.35. The number of benzene rings is 2. The van der Waals surface area contributed by atoms with Crippen molar-refractivity contribution in [3.63, 3.8) is 0 Å². The van der Waals surface area contributed by atoms with Crippen LogP contribution in [0.1, 0.15) is 39.1 Å². The van der Waals surface area contributed by atoms with Crippen LogP contribution in [0.25, 0.3) is 0 Å². The molecule has 6 nitrogen and oxygen atoms in total. The van der Waals surface area contributed by atoms with Gasteiger partial charge >= 0.3 is 0 Å². The van der Waals surface area contributed by atoms with Crippen molar-refractivity contribution in [1.29, 1.82) is 0 Å². The lowest BCUT2D eigenvalue weighted by molar-refractivity contribution is -0.121. The van der Waals surface area contributed by atoms with Gasteiger partial charge in [0.25, 0.3) is 11.8 Å². The molecule has 0 radical (unpaired) electrons. The minimum atomic E-state index is -0.301. The predicted molar refractivity (Wildman–Crippen MR) is 111 cm³/mol. The first-order valence-corrected chi connectivity index (χ1v) is 10.5. The van der Waals surface area contributed by atoms with Crippen LogP contribution in [-0.4, -0.2) is 42.3 Å². The molecule has 4 rings (SSSR count). The molecule has 1 atom stereocenters. The zero-order valence-electron chi connectivity index (χ0n) is 15.8. The molecule has 2 aliphatic heterocycles. The second-order valence-corrected chi connectivity index (χ2v) is 8.26. The number of hydrogen-bond donors (Lipinski definition) is 1. The van der Waals surface area contributed by atoms with Crippen LogP contribution in [0.2, 0.25) is 0 Å². The maximum atomic E-state index is 12.4. The van der Waals surface area contributed by atoms with Crippen molar-refractivity contribution in [3.05, 3.63) is 63.6 Å². The fourth-order valence-electron chi connectivity index (χ4n) is 3.73. The van der Waals surface area contributed by atoms with E-state index in [2.05, 4.69) is 21.2 Å². The molecule has 0 fully saturated rings. The van der Waals surface area contributed by atoms with Gasteiger partial charge in [0, 0.05) is 29.9 Å². The van der Waals surface area contributed by atoms with Gasteiger partial charge in [-0.05, 0) is 42.7 Å². The van der Waals surface area contributed by atoms with E-state index in [0.717, 1.165) is 22.2 Å². The third-order valence-corrected chi connectivity index (χ3v) is 5.76. The minimum absolute atomic E-state index is 0.0804. The molecule has 2 aromatic rings. The number of rotatable bonds is 6. The lowest BCUT2D eigenvalue weighted by atomic mass is 9.97. The van der Waals surface area contributed by atoms with E-state index in [0.29, 0.717) is 30.7 Å². The molecule has 150 valence electrons. The quantitative estimate of drug-likeness (QED) is 0.677. The van der Waals surface area contributed by atoms with Crippen molar-refractivity contribution in [3.8, 4) is 5.75 Å². The van der Waals surface area contributed by atoms with Gasteiger partial charge in [0.2, 0.25) is 5.91 Å². The van der Waals surface area contributed by atoms with Crippen LogP contribution in [0.5, 0.6) is 5.75 Å². The van der Waals surface area contributed by atoms with Crippen molar-refractivity contribution in [2.45, 2.75) is 19.3 Å². The van der Waals surface area contributed by atoms with E-state index in [1.54, 1.807) is 18.2 Å². The van der Waals surface area contributed by atoms with E-state index in [4.69, 9.17) is 4.74 Å². The summed E-state index contributed by atoms with van der Waals surface area (Å²) >= 11 is 3.32. The topological polar surface area (TPSA) is 75.7 Å². The minimum Gasteiger partial charge on any atom is -0.493 e. The SMILES string of the molecule is O=C(CCCN1C(=O)c2ccc(Br)cc2C1=O)NCC1COc2ccccc2C1. The van der Waals surface area contributed by atoms with Crippen LogP contribution in [0.15, 0.2) is 46.9 Å². The zero-order valence-corrected chi connectivity index (χ0v) is 17.4. The van der Waals surface area contributed by atoms with Gasteiger partial charge in [-0.1, -0.05) is 34.1 Å². The van der Waals surface area contributed by atoms with E-state index in [9.17, 15) is 14.4 Å². The summed E-state index contributed by atoms with van der Waals surface area (Å²) in [5.41, 5.74) is 1.99. The van der Waals surface area contributed by atoms with E-state index in [-0.39, 0.29) is 36.6 Å². The molecule has 29 heavy (non-hydrogen) atoms. The number of ether oxygens (including phenoxy) is 1. The molecule has 2 aromatic carbocycles. The van der Waals surface area contributed by atoms with Gasteiger partial charge in [0.15, 0.2) is 0 Å². The molecule has 0 saturated heterocycles. The van der Waals surface area contributed by atoms with Gasteiger partial charge < -0.3 is 10.1 Å². The Balaban J connectivity index is 1.22. The number of hydrogen-bond acceptors (Lipinski definition) is 4. The van der Waals surface area contributed by atoms with Crippen LogP contribution in [0.3, 0.4) is 0 Å². The second kappa shape index (κ2) is 8.37. The zero-order chi connectivity index (χ0) is 20.4. The van der Waals surface area contributed by atoms with E-state index < -0.39 is 0 Å². The molecule has 1 unspecified atom stereocenters. The Kier molecular flexibility index (Phi) is 5.67. The van der Waals surface area contributed by atoms with Crippen molar-refractivity contribution in [1.82, 2.24) is 10.2 Å². The highest BCUT2D eigenvalue weighted by Crippen LogP contribution is 2.27. The molecule has 0 aromatic heterocycles. The number of fused-ring (bicyclic) bond motifs is 2. The van der Waals surface area contributed by atoms with Crippen molar-refractivity contribution in [2.75, 3.05) is 19.7 Å². The third-order valence-electron chi connectivity index (χ3n) is 5.26. The van der Waals surface area contributed by atoms with Crippen molar-refractivity contribution in [2.24, 2.45) is 5.92 Å². The highest BCUT2D eigenvalue weighted by molar-refractivity contribution is 9.10. The summed E-state index contributed by atoms with van der Waals surface area (Å²) in [7, 11) is 0. The molecular weight excluding hydrogens is 436 g/mol. The average molecular weight is 457 g/mol. The highest BCUT2D eigenvalue weighted by Gasteiger charge is 2.35. The number of nitrogens with one attached hydrogen (secondary N) is 1. The molecule has 0 bridgehead atoms. The van der Waals surface area contributed by atoms with Crippen LogP contribution in [-0.2, 0) is 11.2 Å². The van der Waals surface area contributed by atoms with Crippen LogP contribution in [0.4, 0.5) is 0 Å². The molecule has 3 amide bonds. The van der Waals surface area contributed by atoms with Gasteiger partial charge in [-0.2, -0.15) is 0 Å². The van der Waals surface area contributed by atoms with Gasteiger partial charge in [-0.15, -0.1) is 0 Å². The standard InChI is InChI=1S/C22H21BrN2O4/c23-16-7-8-17-18(11-16)22(28)25(21(17)27)9-3-6-20(26)24-12-14-10-15-4-1-2-5-19(15)29-13-14/h1-2,4-5,7-8,11,14H,3,6,9-10,12-13H2,(H,24,26). The molecule has 0 saturated carbocycles. The largest absolute Gasteiger partial charge is 0.493 e. The van der Waals surface area contributed by atoms with Crippen molar-refractivity contribution < 1.29 is 19.1 Å². The summed E-state index contributed by atoms with van der Waals surface area (Å²) in [6.07, 6.45) is 1.57. The van der Waals surface area contributed by atoms with Gasteiger partial charge in [0.05, 0.1) is 17.7 Å². The third kappa shape index (κ3) is 4.19. The lowest BCUT2D eigenvalue weighted by Crippen LogP contribution is -2.35. The van der Waals surface area contributed by atoms with Gasteiger partial charge in [0.1, 0.15) is 5.75 Å². The molecule has 2 heterocycles. The summed E-state index contributed by atoms with van der Waals surface area (Å²) in [6.45, 7) is 1.37. The molecule has 1 N–H and O–H groups in total. The average Bonchev–Trinajstić information content (AvgIpc) is 2.96. The van der Waals surface area contributed by atoms with Gasteiger partial charge in [-0.3, -0.25) is 19.3 Å². The lowest BCUT2D eigenvalue weighted by Gasteiger charge is -2.25. The van der Waals surface area contributed by atoms with Crippen LogP contribution in [0, 0.1) is 5.92 Å². The molecular formula is C22H21BrN2O4. The fourth-order valence-corrected chi connectivity index (χ4v) is 4.09. The number of para-hydroxylation sites is 1. The number of carbonyl (C=O) groups excluding carboxylic acids is 3. The number of carbonyl (C=O) groups is 3. The maximum Gasteiger partial charge on any atom is 0.261 e. The Morgan fingerprint density at radius 1 is 1.14 bits per heavy atom. The monoisotopic (exact) mass is 456 g/mol. The first kappa shape index (κ1) is 19.6. The Morgan fingerprint density at radius 2 is 1.93 bits per heavy atom. The molecule has 7 heteroatoms. The van der Waals surface area contributed by atoms with E-state index >= 15 is 0 Å². The number of imide groups is 1. The highest BCUT2D eigenvalue weighted by atomic mass is 79.9. The normalized spacial score (nSPS) is 17.6. The molecule has 0 spiro atoms. The number of amides is 3. The summed E-state index contributed by atoms with van der Waals surface area (Å²) < 4.78 is 6.50. The Morgan fingerprint density at radius 3 is 2.79 bits per heavy atom. The van der Waals surface area contributed by atoms with E-state index in [1.165, 1.54) is 4.90 Å². The molecule has 2 aliphatic rings. The summed E-state index contributed by atoms with van der Waals surface area (Å²) in [5.74, 6) is 0.482. The van der Waals surface area contributed by atoms with Crippen LogP contribution < -0.4 is 10.1 Å². The number of nitrogens with zero attached hydrogens (tertiary/aromatic N) is 1. The fraction of sp³-hybridized carbons (Fsp3) is 0.318. The molecule has 0 aliphatic carbocycles. The summed E-state index contributed by atoms with van der Waals surface area (Å²) in [4.78, 5) is 38.2. The van der Waals surface area contributed by atoms with Gasteiger partial charge in [-0.25, -0.2) is 0 Å². The number of halogens is 1. The maximum absolute atomic E-state index is 12.4. The predicted octanol–water partition coefficient (Wildman–Crippen LogP) is 3.19. The first-order chi connectivity index (χ1) is 14.0. The Bertz CT molecular complexity index is 975. The Hall–Kier alpha value is -2.67. The Labute approximate surface area is 177 Å².